The van der Waals surface area contributed by atoms with E-state index in [1.165, 1.54) is 0 Å². The predicted octanol–water partition coefficient (Wildman–Crippen LogP) is 2.31. The van der Waals surface area contributed by atoms with Crippen LogP contribution < -0.4 is 5.56 Å². The van der Waals surface area contributed by atoms with Gasteiger partial charge in [0.05, 0.1) is 10.9 Å². The van der Waals surface area contributed by atoms with Crippen molar-refractivity contribution in [2.24, 2.45) is 0 Å². The lowest BCUT2D eigenvalue weighted by atomic mass is 10.0. The summed E-state index contributed by atoms with van der Waals surface area (Å²) in [5.74, 6) is 0.0599. The Hall–Kier alpha value is -1.99. The Morgan fingerprint density at radius 1 is 1.24 bits per heavy atom. The molecule has 2 aliphatic rings. The fourth-order valence-electron chi connectivity index (χ4n) is 3.57. The van der Waals surface area contributed by atoms with E-state index in [1.54, 1.807) is 28.2 Å². The summed E-state index contributed by atoms with van der Waals surface area (Å²) in [5.41, 5.74) is 0.689. The van der Waals surface area contributed by atoms with Crippen molar-refractivity contribution in [3.63, 3.8) is 0 Å². The minimum atomic E-state index is -0.305. The minimum Gasteiger partial charge on any atom is -0.368 e. The van der Waals surface area contributed by atoms with Gasteiger partial charge in [-0.1, -0.05) is 6.07 Å². The van der Waals surface area contributed by atoms with E-state index < -0.39 is 0 Å². The Bertz CT molecular complexity index is 796. The summed E-state index contributed by atoms with van der Waals surface area (Å²) < 4.78 is 7.09. The lowest BCUT2D eigenvalue weighted by Gasteiger charge is -2.34. The first kappa shape index (κ1) is 16.5. The molecule has 6 nitrogen and oxygen atoms in total. The fraction of sp³-hybridized carbons (Fsp3) is 0.500. The van der Waals surface area contributed by atoms with E-state index in [2.05, 4.69) is 5.10 Å². The zero-order valence-electron chi connectivity index (χ0n) is 14.0. The van der Waals surface area contributed by atoms with Crippen molar-refractivity contribution in [2.45, 2.75) is 37.8 Å². The highest BCUT2D eigenvalue weighted by Crippen LogP contribution is 2.25. The molecule has 132 valence electrons. The van der Waals surface area contributed by atoms with Gasteiger partial charge in [0.15, 0.2) is 0 Å². The molecule has 2 saturated heterocycles. The first-order chi connectivity index (χ1) is 12.2. The molecule has 2 fully saturated rings. The molecule has 4 heterocycles. The van der Waals surface area contributed by atoms with Crippen molar-refractivity contribution in [1.29, 1.82) is 0 Å². The summed E-state index contributed by atoms with van der Waals surface area (Å²) in [5, 5.41) is 6.57. The van der Waals surface area contributed by atoms with Crippen LogP contribution >= 0.6 is 11.3 Å². The van der Waals surface area contributed by atoms with Gasteiger partial charge in [-0.15, -0.1) is 11.3 Å². The molecule has 25 heavy (non-hydrogen) atoms. The first-order valence-electron chi connectivity index (χ1n) is 8.76. The SMILES string of the molecule is O=C([C@H]1CCCO1)N1CCC[C@@H](n2nc(-c3cccs3)ccc2=O)C1. The maximum absolute atomic E-state index is 12.6. The molecule has 4 rings (SSSR count). The summed E-state index contributed by atoms with van der Waals surface area (Å²) in [6, 6.07) is 7.23. The average Bonchev–Trinajstić information content (AvgIpc) is 3.35. The molecule has 0 bridgehead atoms. The quantitative estimate of drug-likeness (QED) is 0.844. The van der Waals surface area contributed by atoms with Crippen LogP contribution in [0.15, 0.2) is 34.4 Å². The first-order valence-corrected chi connectivity index (χ1v) is 9.64. The maximum atomic E-state index is 12.6. The molecule has 0 saturated carbocycles. The van der Waals surface area contributed by atoms with Crippen LogP contribution in [-0.4, -0.2) is 46.4 Å². The van der Waals surface area contributed by atoms with E-state index in [4.69, 9.17) is 4.74 Å². The molecular weight excluding hydrogens is 338 g/mol. The molecular formula is C18H21N3O3S. The van der Waals surface area contributed by atoms with Gasteiger partial charge in [0.25, 0.3) is 11.5 Å². The van der Waals surface area contributed by atoms with E-state index in [1.807, 2.05) is 22.4 Å². The molecule has 0 aliphatic carbocycles. The third-order valence-corrected chi connectivity index (χ3v) is 5.75. The van der Waals surface area contributed by atoms with Crippen LogP contribution in [0.5, 0.6) is 0 Å². The van der Waals surface area contributed by atoms with Crippen molar-refractivity contribution in [1.82, 2.24) is 14.7 Å². The lowest BCUT2D eigenvalue weighted by molar-refractivity contribution is -0.142. The molecule has 0 spiro atoms. The van der Waals surface area contributed by atoms with Crippen LogP contribution in [0.4, 0.5) is 0 Å². The van der Waals surface area contributed by atoms with Crippen molar-refractivity contribution >= 4 is 17.2 Å². The lowest BCUT2D eigenvalue weighted by Crippen LogP contribution is -2.47. The number of rotatable bonds is 3. The highest BCUT2D eigenvalue weighted by atomic mass is 32.1. The van der Waals surface area contributed by atoms with Crippen LogP contribution in [0.25, 0.3) is 10.6 Å². The van der Waals surface area contributed by atoms with Crippen molar-refractivity contribution in [2.75, 3.05) is 19.7 Å². The molecule has 2 aromatic rings. The Morgan fingerprint density at radius 3 is 2.92 bits per heavy atom. The Kier molecular flexibility index (Phi) is 4.67. The van der Waals surface area contributed by atoms with Gasteiger partial charge in [-0.05, 0) is 43.2 Å². The molecule has 0 radical (unpaired) electrons. The summed E-state index contributed by atoms with van der Waals surface area (Å²) in [7, 11) is 0. The molecule has 0 unspecified atom stereocenters. The standard InChI is InChI=1S/C18H21N3O3S/c22-17-8-7-14(16-6-3-11-25-16)19-21(17)13-4-1-9-20(12-13)18(23)15-5-2-10-24-15/h3,6-8,11,13,15H,1-2,4-5,9-10,12H2/t13-,15-/m1/s1. The largest absolute Gasteiger partial charge is 0.368 e. The summed E-state index contributed by atoms with van der Waals surface area (Å²) in [6.07, 6.45) is 3.17. The topological polar surface area (TPSA) is 64.4 Å². The fourth-order valence-corrected chi connectivity index (χ4v) is 4.26. The molecule has 0 N–H and O–H groups in total. The number of hydrogen-bond acceptors (Lipinski definition) is 5. The third-order valence-electron chi connectivity index (χ3n) is 4.86. The number of ether oxygens (including phenoxy) is 1. The minimum absolute atomic E-state index is 0.0599. The van der Waals surface area contributed by atoms with Crippen LogP contribution in [0.1, 0.15) is 31.7 Å². The number of hydrogen-bond donors (Lipinski definition) is 0. The molecule has 1 amide bonds. The van der Waals surface area contributed by atoms with E-state index in [0.717, 1.165) is 42.8 Å². The van der Waals surface area contributed by atoms with Gasteiger partial charge >= 0.3 is 0 Å². The van der Waals surface area contributed by atoms with Crippen LogP contribution in [-0.2, 0) is 9.53 Å². The summed E-state index contributed by atoms with van der Waals surface area (Å²) >= 11 is 1.60. The van der Waals surface area contributed by atoms with E-state index in [-0.39, 0.29) is 23.6 Å². The van der Waals surface area contributed by atoms with Gasteiger partial charge in [-0.2, -0.15) is 5.10 Å². The van der Waals surface area contributed by atoms with Gasteiger partial charge in [0.2, 0.25) is 0 Å². The Morgan fingerprint density at radius 2 is 2.16 bits per heavy atom. The van der Waals surface area contributed by atoms with Crippen molar-refractivity contribution in [3.8, 4) is 10.6 Å². The number of amides is 1. The zero-order chi connectivity index (χ0) is 17.2. The maximum Gasteiger partial charge on any atom is 0.267 e. The van der Waals surface area contributed by atoms with Crippen LogP contribution in [0, 0.1) is 0 Å². The number of carbonyl (C=O) groups is 1. The number of nitrogens with zero attached hydrogens (tertiary/aromatic N) is 3. The second kappa shape index (κ2) is 7.09. The van der Waals surface area contributed by atoms with Gasteiger partial charge in [0.1, 0.15) is 11.8 Å². The van der Waals surface area contributed by atoms with Crippen LogP contribution in [0.2, 0.25) is 0 Å². The highest BCUT2D eigenvalue weighted by molar-refractivity contribution is 7.13. The summed E-state index contributed by atoms with van der Waals surface area (Å²) in [4.78, 5) is 27.8. The molecule has 2 aliphatic heterocycles. The number of piperidine rings is 1. The van der Waals surface area contributed by atoms with E-state index >= 15 is 0 Å². The normalized spacial score (nSPS) is 23.8. The summed E-state index contributed by atoms with van der Waals surface area (Å²) in [6.45, 7) is 1.92. The second-order valence-corrected chi connectivity index (χ2v) is 7.51. The number of carbonyl (C=O) groups excluding carboxylic acids is 1. The van der Waals surface area contributed by atoms with Crippen LogP contribution in [0.3, 0.4) is 0 Å². The average molecular weight is 359 g/mol. The van der Waals surface area contributed by atoms with Crippen molar-refractivity contribution in [3.05, 3.63) is 40.0 Å². The van der Waals surface area contributed by atoms with E-state index in [0.29, 0.717) is 13.2 Å². The predicted molar refractivity (Wildman–Crippen MR) is 95.6 cm³/mol. The second-order valence-electron chi connectivity index (χ2n) is 6.56. The van der Waals surface area contributed by atoms with E-state index in [9.17, 15) is 9.59 Å². The Balaban J connectivity index is 1.55. The molecule has 2 aromatic heterocycles. The number of thiophene rings is 1. The van der Waals surface area contributed by atoms with Crippen molar-refractivity contribution < 1.29 is 9.53 Å². The molecule has 7 heteroatoms. The van der Waals surface area contributed by atoms with Gasteiger partial charge in [0, 0.05) is 25.8 Å². The third kappa shape index (κ3) is 3.39. The number of likely N-dealkylation sites (tertiary alicyclic amines) is 1. The number of aromatic nitrogens is 2. The Labute approximate surface area is 150 Å². The van der Waals surface area contributed by atoms with Gasteiger partial charge < -0.3 is 9.64 Å². The smallest absolute Gasteiger partial charge is 0.267 e. The highest BCUT2D eigenvalue weighted by Gasteiger charge is 2.32. The molecule has 2 atom stereocenters. The molecule has 0 aromatic carbocycles. The monoisotopic (exact) mass is 359 g/mol. The van der Waals surface area contributed by atoms with Gasteiger partial charge in [-0.3, -0.25) is 9.59 Å². The zero-order valence-corrected chi connectivity index (χ0v) is 14.8. The van der Waals surface area contributed by atoms with Gasteiger partial charge in [-0.25, -0.2) is 4.68 Å².